The average Bonchev–Trinajstić information content (AvgIpc) is 2.46. The first-order chi connectivity index (χ1) is 9.77. The van der Waals surface area contributed by atoms with Crippen LogP contribution in [0.5, 0.6) is 5.75 Å². The molecule has 0 aliphatic carbocycles. The van der Waals surface area contributed by atoms with Crippen LogP contribution in [-0.4, -0.2) is 6.61 Å². The summed E-state index contributed by atoms with van der Waals surface area (Å²) in [4.78, 5) is 0. The number of alkyl halides is 1. The van der Waals surface area contributed by atoms with E-state index in [0.717, 1.165) is 34.7 Å². The van der Waals surface area contributed by atoms with Crippen LogP contribution >= 0.6 is 27.5 Å². The highest BCUT2D eigenvalue weighted by atomic mass is 79.9. The topological polar surface area (TPSA) is 9.23 Å². The Morgan fingerprint density at radius 1 is 1.00 bits per heavy atom. The summed E-state index contributed by atoms with van der Waals surface area (Å²) in [5.74, 6) is 0.953. The van der Waals surface area contributed by atoms with Crippen molar-refractivity contribution >= 4 is 27.5 Å². The molecule has 0 aliphatic heterocycles. The summed E-state index contributed by atoms with van der Waals surface area (Å²) in [5, 5.41) is 1.54. The predicted molar refractivity (Wildman–Crippen MR) is 92.2 cm³/mol. The summed E-state index contributed by atoms with van der Waals surface area (Å²) in [6, 6.07) is 5.81. The van der Waals surface area contributed by atoms with E-state index in [-0.39, 0.29) is 0 Å². The molecule has 1 aromatic rings. The van der Waals surface area contributed by atoms with Crippen LogP contribution in [0.3, 0.4) is 0 Å². The highest BCUT2D eigenvalue weighted by Crippen LogP contribution is 2.25. The molecule has 3 heteroatoms. The largest absolute Gasteiger partial charge is 0.493 e. The van der Waals surface area contributed by atoms with E-state index in [1.807, 2.05) is 18.2 Å². The van der Waals surface area contributed by atoms with E-state index in [1.165, 1.54) is 44.9 Å². The molecule has 0 N–H and O–H groups in total. The van der Waals surface area contributed by atoms with Gasteiger partial charge in [0.2, 0.25) is 0 Å². The van der Waals surface area contributed by atoms with Gasteiger partial charge in [-0.1, -0.05) is 79.4 Å². The molecule has 0 heterocycles. The monoisotopic (exact) mass is 360 g/mol. The van der Waals surface area contributed by atoms with Gasteiger partial charge in [0.1, 0.15) is 5.75 Å². The third kappa shape index (κ3) is 7.54. The lowest BCUT2D eigenvalue weighted by Crippen LogP contribution is -1.99. The van der Waals surface area contributed by atoms with Gasteiger partial charge in [0, 0.05) is 15.9 Å². The molecule has 0 fully saturated rings. The van der Waals surface area contributed by atoms with Crippen LogP contribution in [0.15, 0.2) is 18.2 Å². The van der Waals surface area contributed by atoms with Gasteiger partial charge in [-0.15, -0.1) is 0 Å². The second-order valence-corrected chi connectivity index (χ2v) is 6.21. The fraction of sp³-hybridized carbons (Fsp3) is 0.647. The molecule has 0 aromatic heterocycles. The number of halogens is 2. The number of hydrogen-bond acceptors (Lipinski definition) is 1. The van der Waals surface area contributed by atoms with Gasteiger partial charge in [-0.25, -0.2) is 0 Å². The third-order valence-corrected chi connectivity index (χ3v) is 4.26. The molecule has 0 saturated heterocycles. The fourth-order valence-electron chi connectivity index (χ4n) is 2.21. The van der Waals surface area contributed by atoms with Crippen molar-refractivity contribution in [3.63, 3.8) is 0 Å². The zero-order valence-electron chi connectivity index (χ0n) is 12.5. The molecule has 0 saturated carbocycles. The molecule has 0 amide bonds. The van der Waals surface area contributed by atoms with E-state index in [4.69, 9.17) is 16.3 Å². The number of hydrogen-bond donors (Lipinski definition) is 0. The Bertz CT molecular complexity index is 368. The molecule has 1 rings (SSSR count). The van der Waals surface area contributed by atoms with Crippen LogP contribution < -0.4 is 4.74 Å². The number of benzene rings is 1. The minimum atomic E-state index is 0.763. The summed E-state index contributed by atoms with van der Waals surface area (Å²) in [6.45, 7) is 3.06. The maximum absolute atomic E-state index is 5.97. The third-order valence-electron chi connectivity index (χ3n) is 3.42. The number of ether oxygens (including phenoxy) is 1. The van der Waals surface area contributed by atoms with Gasteiger partial charge in [0.25, 0.3) is 0 Å². The van der Waals surface area contributed by atoms with E-state index >= 15 is 0 Å². The van der Waals surface area contributed by atoms with Crippen molar-refractivity contribution in [2.45, 2.75) is 63.6 Å². The lowest BCUT2D eigenvalue weighted by atomic mass is 10.1. The van der Waals surface area contributed by atoms with Gasteiger partial charge in [0.15, 0.2) is 0 Å². The summed E-state index contributed by atoms with van der Waals surface area (Å²) in [5.41, 5.74) is 1.12. The normalized spacial score (nSPS) is 10.8. The molecular weight excluding hydrogens is 336 g/mol. The molecule has 0 atom stereocenters. The number of rotatable bonds is 11. The first-order valence-corrected chi connectivity index (χ1v) is 9.25. The molecule has 0 unspecified atom stereocenters. The van der Waals surface area contributed by atoms with E-state index in [1.54, 1.807) is 0 Å². The van der Waals surface area contributed by atoms with Crippen molar-refractivity contribution in [3.8, 4) is 5.75 Å². The lowest BCUT2D eigenvalue weighted by molar-refractivity contribution is 0.302. The van der Waals surface area contributed by atoms with Crippen molar-refractivity contribution in [1.29, 1.82) is 0 Å². The van der Waals surface area contributed by atoms with Gasteiger partial charge in [-0.2, -0.15) is 0 Å². The fourth-order valence-corrected chi connectivity index (χ4v) is 2.84. The van der Waals surface area contributed by atoms with Crippen LogP contribution in [-0.2, 0) is 5.33 Å². The maximum atomic E-state index is 5.97. The Morgan fingerprint density at radius 3 is 2.30 bits per heavy atom. The van der Waals surface area contributed by atoms with E-state index < -0.39 is 0 Å². The van der Waals surface area contributed by atoms with E-state index in [0.29, 0.717) is 0 Å². The zero-order valence-corrected chi connectivity index (χ0v) is 14.8. The maximum Gasteiger partial charge on any atom is 0.123 e. The second-order valence-electron chi connectivity index (χ2n) is 5.21. The molecule has 114 valence electrons. The highest BCUT2D eigenvalue weighted by Gasteiger charge is 2.03. The average molecular weight is 362 g/mol. The van der Waals surface area contributed by atoms with E-state index in [9.17, 15) is 0 Å². The Morgan fingerprint density at radius 2 is 1.65 bits per heavy atom. The summed E-state index contributed by atoms with van der Waals surface area (Å²) in [7, 11) is 0. The van der Waals surface area contributed by atoms with Gasteiger partial charge < -0.3 is 4.74 Å². The lowest BCUT2D eigenvalue weighted by Gasteiger charge is -2.10. The Labute approximate surface area is 137 Å². The van der Waals surface area contributed by atoms with Crippen LogP contribution in [0.2, 0.25) is 5.02 Å². The van der Waals surface area contributed by atoms with Crippen molar-refractivity contribution in [2.24, 2.45) is 0 Å². The van der Waals surface area contributed by atoms with Gasteiger partial charge in [-0.05, 0) is 24.6 Å². The predicted octanol–water partition coefficient (Wildman–Crippen LogP) is 6.75. The Balaban J connectivity index is 2.09. The van der Waals surface area contributed by atoms with Crippen molar-refractivity contribution in [2.75, 3.05) is 6.61 Å². The quantitative estimate of drug-likeness (QED) is 0.313. The molecule has 0 aliphatic rings. The Hall–Kier alpha value is -0.210. The first kappa shape index (κ1) is 17.8. The smallest absolute Gasteiger partial charge is 0.123 e. The van der Waals surface area contributed by atoms with Gasteiger partial charge in [0.05, 0.1) is 6.61 Å². The van der Waals surface area contributed by atoms with Crippen LogP contribution in [0.4, 0.5) is 0 Å². The van der Waals surface area contributed by atoms with Crippen LogP contribution in [0.25, 0.3) is 0 Å². The van der Waals surface area contributed by atoms with Crippen LogP contribution in [0, 0.1) is 0 Å². The summed E-state index contributed by atoms with van der Waals surface area (Å²) >= 11 is 9.44. The van der Waals surface area contributed by atoms with E-state index in [2.05, 4.69) is 22.9 Å². The second kappa shape index (κ2) is 11.4. The molecule has 0 radical (unpaired) electrons. The highest BCUT2D eigenvalue weighted by molar-refractivity contribution is 9.08. The molecular formula is C17H26BrClO. The molecule has 0 spiro atoms. The summed E-state index contributed by atoms with van der Waals surface area (Å²) in [6.07, 6.45) is 10.6. The Kier molecular flexibility index (Phi) is 10.2. The minimum Gasteiger partial charge on any atom is -0.493 e. The van der Waals surface area contributed by atoms with Crippen molar-refractivity contribution in [3.05, 3.63) is 28.8 Å². The molecule has 20 heavy (non-hydrogen) atoms. The number of unbranched alkanes of at least 4 members (excludes halogenated alkanes) is 7. The van der Waals surface area contributed by atoms with Crippen LogP contribution in [0.1, 0.15) is 63.9 Å². The van der Waals surface area contributed by atoms with Crippen molar-refractivity contribution in [1.82, 2.24) is 0 Å². The van der Waals surface area contributed by atoms with Gasteiger partial charge in [-0.3, -0.25) is 0 Å². The standard InChI is InChI=1S/C17H26BrClO/c1-2-3-4-5-6-7-8-9-12-20-17-11-10-16(19)13-15(17)14-18/h10-11,13H,2-9,12,14H2,1H3. The zero-order chi connectivity index (χ0) is 14.6. The molecule has 1 nitrogen and oxygen atoms in total. The first-order valence-electron chi connectivity index (χ1n) is 7.75. The summed E-state index contributed by atoms with van der Waals surface area (Å²) < 4.78 is 5.84. The SMILES string of the molecule is CCCCCCCCCCOc1ccc(Cl)cc1CBr. The van der Waals surface area contributed by atoms with Crippen molar-refractivity contribution < 1.29 is 4.74 Å². The molecule has 1 aromatic carbocycles. The molecule has 0 bridgehead atoms. The van der Waals surface area contributed by atoms with Gasteiger partial charge >= 0.3 is 0 Å². The minimum absolute atomic E-state index is 0.763.